The standard InChI is InChI=1S/C16H11F3N4O2S/c1-25-11-6-7-12(20-8-11)13-21-15(26-23-13)22-14(24)9-2-4-10(5-3-9)16(17,18)19/h2-8H,1H3,(H,21,22,23,24). The zero-order valence-corrected chi connectivity index (χ0v) is 14.1. The van der Waals surface area contributed by atoms with E-state index in [-0.39, 0.29) is 10.7 Å². The number of aromatic nitrogens is 3. The van der Waals surface area contributed by atoms with Gasteiger partial charge in [-0.3, -0.25) is 10.1 Å². The Morgan fingerprint density at radius 2 is 1.88 bits per heavy atom. The maximum Gasteiger partial charge on any atom is 0.416 e. The van der Waals surface area contributed by atoms with Crippen LogP contribution in [-0.4, -0.2) is 27.4 Å². The molecule has 1 aromatic carbocycles. The third kappa shape index (κ3) is 3.97. The molecule has 10 heteroatoms. The summed E-state index contributed by atoms with van der Waals surface area (Å²) < 4.78 is 46.8. The molecule has 6 nitrogen and oxygen atoms in total. The minimum Gasteiger partial charge on any atom is -0.495 e. The van der Waals surface area contributed by atoms with Crippen molar-refractivity contribution in [3.8, 4) is 17.3 Å². The zero-order valence-electron chi connectivity index (χ0n) is 13.2. The van der Waals surface area contributed by atoms with Crippen LogP contribution in [-0.2, 0) is 6.18 Å². The number of anilines is 1. The number of hydrogen-bond donors (Lipinski definition) is 1. The molecule has 1 N–H and O–H groups in total. The van der Waals surface area contributed by atoms with Crippen molar-refractivity contribution in [2.75, 3.05) is 12.4 Å². The third-order valence-corrected chi connectivity index (χ3v) is 3.95. The molecule has 2 heterocycles. The Morgan fingerprint density at radius 3 is 2.46 bits per heavy atom. The van der Waals surface area contributed by atoms with Crippen LogP contribution < -0.4 is 10.1 Å². The van der Waals surface area contributed by atoms with E-state index >= 15 is 0 Å². The average molecular weight is 380 g/mol. The minimum atomic E-state index is -4.45. The van der Waals surface area contributed by atoms with Gasteiger partial charge in [-0.25, -0.2) is 4.98 Å². The normalized spacial score (nSPS) is 11.2. The highest BCUT2D eigenvalue weighted by Gasteiger charge is 2.30. The number of benzene rings is 1. The number of ether oxygens (including phenoxy) is 1. The second-order valence-electron chi connectivity index (χ2n) is 5.04. The number of methoxy groups -OCH3 is 1. The Labute approximate surface area is 149 Å². The SMILES string of the molecule is COc1ccc(-c2nsc(NC(=O)c3ccc(C(F)(F)F)cc3)n2)nc1. The van der Waals surface area contributed by atoms with Gasteiger partial charge in [0, 0.05) is 17.1 Å². The summed E-state index contributed by atoms with van der Waals surface area (Å²) in [7, 11) is 1.52. The van der Waals surface area contributed by atoms with Gasteiger partial charge >= 0.3 is 6.18 Å². The van der Waals surface area contributed by atoms with E-state index in [1.807, 2.05) is 0 Å². The maximum absolute atomic E-state index is 12.5. The molecule has 0 bridgehead atoms. The van der Waals surface area contributed by atoms with E-state index in [0.29, 0.717) is 17.3 Å². The van der Waals surface area contributed by atoms with E-state index in [9.17, 15) is 18.0 Å². The van der Waals surface area contributed by atoms with E-state index in [0.717, 1.165) is 35.8 Å². The van der Waals surface area contributed by atoms with Crippen LogP contribution in [0.2, 0.25) is 0 Å². The topological polar surface area (TPSA) is 77.0 Å². The molecule has 0 atom stereocenters. The first-order valence-electron chi connectivity index (χ1n) is 7.19. The predicted molar refractivity (Wildman–Crippen MR) is 89.1 cm³/mol. The zero-order chi connectivity index (χ0) is 18.7. The number of rotatable bonds is 4. The van der Waals surface area contributed by atoms with Crippen molar-refractivity contribution in [1.29, 1.82) is 0 Å². The summed E-state index contributed by atoms with van der Waals surface area (Å²) in [6.45, 7) is 0. The van der Waals surface area contributed by atoms with Gasteiger partial charge in [-0.05, 0) is 36.4 Å². The fourth-order valence-electron chi connectivity index (χ4n) is 1.99. The molecule has 0 unspecified atom stereocenters. The second kappa shape index (κ2) is 7.08. The van der Waals surface area contributed by atoms with Crippen molar-refractivity contribution in [2.24, 2.45) is 0 Å². The van der Waals surface area contributed by atoms with E-state index in [2.05, 4.69) is 19.7 Å². The number of pyridine rings is 1. The van der Waals surface area contributed by atoms with Gasteiger partial charge in [-0.15, -0.1) is 0 Å². The van der Waals surface area contributed by atoms with Crippen LogP contribution >= 0.6 is 11.5 Å². The Balaban J connectivity index is 1.71. The fraction of sp³-hybridized carbons (Fsp3) is 0.125. The molecule has 3 rings (SSSR count). The maximum atomic E-state index is 12.5. The second-order valence-corrected chi connectivity index (χ2v) is 5.79. The summed E-state index contributed by atoms with van der Waals surface area (Å²) in [5.74, 6) is 0.323. The first-order chi connectivity index (χ1) is 12.4. The van der Waals surface area contributed by atoms with Gasteiger partial charge in [-0.2, -0.15) is 22.5 Å². The van der Waals surface area contributed by atoms with Gasteiger partial charge < -0.3 is 4.74 Å². The summed E-state index contributed by atoms with van der Waals surface area (Å²) in [6.07, 6.45) is -2.94. The van der Waals surface area contributed by atoms with Crippen molar-refractivity contribution >= 4 is 22.6 Å². The summed E-state index contributed by atoms with van der Waals surface area (Å²) >= 11 is 0.940. The number of carbonyl (C=O) groups is 1. The lowest BCUT2D eigenvalue weighted by Gasteiger charge is -2.07. The van der Waals surface area contributed by atoms with Crippen molar-refractivity contribution in [2.45, 2.75) is 6.18 Å². The number of alkyl halides is 3. The highest BCUT2D eigenvalue weighted by atomic mass is 32.1. The molecular formula is C16H11F3N4O2S. The number of nitrogens with zero attached hydrogens (tertiary/aromatic N) is 3. The summed E-state index contributed by atoms with van der Waals surface area (Å²) in [6, 6.07) is 7.27. The van der Waals surface area contributed by atoms with E-state index < -0.39 is 17.6 Å². The number of halogens is 3. The van der Waals surface area contributed by atoms with Crippen molar-refractivity contribution < 1.29 is 22.7 Å². The molecule has 134 valence electrons. The molecule has 0 aliphatic carbocycles. The molecule has 0 aliphatic rings. The molecule has 1 amide bonds. The van der Waals surface area contributed by atoms with Crippen LogP contribution in [0.25, 0.3) is 11.5 Å². The largest absolute Gasteiger partial charge is 0.495 e. The molecule has 2 aromatic heterocycles. The number of carbonyl (C=O) groups excluding carboxylic acids is 1. The molecule has 3 aromatic rings. The Kier molecular flexibility index (Phi) is 4.85. The molecule has 26 heavy (non-hydrogen) atoms. The Morgan fingerprint density at radius 1 is 1.15 bits per heavy atom. The first-order valence-corrected chi connectivity index (χ1v) is 7.97. The van der Waals surface area contributed by atoms with Crippen LogP contribution in [0.3, 0.4) is 0 Å². The van der Waals surface area contributed by atoms with Gasteiger partial charge in [0.05, 0.1) is 18.9 Å². The minimum absolute atomic E-state index is 0.0809. The van der Waals surface area contributed by atoms with Crippen LogP contribution in [0.15, 0.2) is 42.6 Å². The quantitative estimate of drug-likeness (QED) is 0.743. The van der Waals surface area contributed by atoms with Crippen molar-refractivity contribution in [3.63, 3.8) is 0 Å². The average Bonchev–Trinajstić information content (AvgIpc) is 3.09. The van der Waals surface area contributed by atoms with E-state index in [1.54, 1.807) is 12.1 Å². The molecule has 0 fully saturated rings. The monoisotopic (exact) mass is 380 g/mol. The number of amides is 1. The van der Waals surface area contributed by atoms with Crippen molar-refractivity contribution in [1.82, 2.24) is 14.3 Å². The highest BCUT2D eigenvalue weighted by Crippen LogP contribution is 2.29. The van der Waals surface area contributed by atoms with Gasteiger partial charge in [0.1, 0.15) is 11.4 Å². The lowest BCUT2D eigenvalue weighted by Crippen LogP contribution is -2.12. The van der Waals surface area contributed by atoms with Gasteiger partial charge in [0.25, 0.3) is 5.91 Å². The fourth-order valence-corrected chi connectivity index (χ4v) is 2.56. The van der Waals surface area contributed by atoms with Crippen LogP contribution in [0.4, 0.5) is 18.3 Å². The van der Waals surface area contributed by atoms with Crippen LogP contribution in [0, 0.1) is 0 Å². The third-order valence-electron chi connectivity index (χ3n) is 3.32. The Hall–Kier alpha value is -3.01. The van der Waals surface area contributed by atoms with Crippen LogP contribution in [0.1, 0.15) is 15.9 Å². The summed E-state index contributed by atoms with van der Waals surface area (Å²) in [5, 5.41) is 2.71. The molecule has 0 saturated carbocycles. The lowest BCUT2D eigenvalue weighted by molar-refractivity contribution is -0.137. The smallest absolute Gasteiger partial charge is 0.416 e. The van der Waals surface area contributed by atoms with E-state index in [1.165, 1.54) is 13.3 Å². The van der Waals surface area contributed by atoms with Crippen molar-refractivity contribution in [3.05, 3.63) is 53.7 Å². The van der Waals surface area contributed by atoms with Gasteiger partial charge in [0.2, 0.25) is 5.13 Å². The molecule has 0 aliphatic heterocycles. The number of nitrogens with one attached hydrogen (secondary N) is 1. The summed E-state index contributed by atoms with van der Waals surface area (Å²) in [5.41, 5.74) is -0.243. The molecule has 0 saturated heterocycles. The summed E-state index contributed by atoms with van der Waals surface area (Å²) in [4.78, 5) is 20.4. The predicted octanol–water partition coefficient (Wildman–Crippen LogP) is 3.88. The van der Waals surface area contributed by atoms with Gasteiger partial charge in [-0.1, -0.05) is 0 Å². The molecular weight excluding hydrogens is 369 g/mol. The van der Waals surface area contributed by atoms with Gasteiger partial charge in [0.15, 0.2) is 5.82 Å². The van der Waals surface area contributed by atoms with Crippen LogP contribution in [0.5, 0.6) is 5.75 Å². The highest BCUT2D eigenvalue weighted by molar-refractivity contribution is 7.10. The lowest BCUT2D eigenvalue weighted by atomic mass is 10.1. The first kappa shape index (κ1) is 17.8. The molecule has 0 spiro atoms. The van der Waals surface area contributed by atoms with E-state index in [4.69, 9.17) is 4.74 Å². The number of hydrogen-bond acceptors (Lipinski definition) is 6. The molecule has 0 radical (unpaired) electrons. The Bertz CT molecular complexity index is 908.